The summed E-state index contributed by atoms with van der Waals surface area (Å²) in [5, 5.41) is 3.22. The second-order valence-electron chi connectivity index (χ2n) is 6.44. The summed E-state index contributed by atoms with van der Waals surface area (Å²) in [7, 11) is 1.79. The summed E-state index contributed by atoms with van der Waals surface area (Å²) in [6.07, 6.45) is 5.38. The summed E-state index contributed by atoms with van der Waals surface area (Å²) in [6.45, 7) is 5.09. The Morgan fingerprint density at radius 3 is 2.64 bits per heavy atom. The molecule has 2 heterocycles. The van der Waals surface area contributed by atoms with Gasteiger partial charge in [-0.25, -0.2) is 4.98 Å². The van der Waals surface area contributed by atoms with Gasteiger partial charge in [0.15, 0.2) is 5.13 Å². The summed E-state index contributed by atoms with van der Waals surface area (Å²) < 4.78 is 6.49. The van der Waals surface area contributed by atoms with Crippen LogP contribution in [0.3, 0.4) is 0 Å². The van der Waals surface area contributed by atoms with Gasteiger partial charge in [-0.15, -0.1) is 11.3 Å². The minimum atomic E-state index is 0.641. The zero-order valence-corrected chi connectivity index (χ0v) is 17.1. The lowest BCUT2D eigenvalue weighted by atomic mass is 10.0. The standard InChI is InChI=1S/C19H26BrN3OS/c1-24-14-13-22(10-6-16-2-4-17(20)5-3-16)18-7-11-23(12-8-18)19-21-9-15-25-19/h2-5,9,15,18H,6-8,10-14H2,1H3. The quantitative estimate of drug-likeness (QED) is 0.639. The maximum Gasteiger partial charge on any atom is 0.185 e. The maximum atomic E-state index is 5.34. The van der Waals surface area contributed by atoms with Crippen LogP contribution in [0.4, 0.5) is 5.13 Å². The highest BCUT2D eigenvalue weighted by molar-refractivity contribution is 9.10. The van der Waals surface area contributed by atoms with Gasteiger partial charge < -0.3 is 9.64 Å². The van der Waals surface area contributed by atoms with Crippen molar-refractivity contribution >= 4 is 32.4 Å². The fourth-order valence-electron chi connectivity index (χ4n) is 3.40. The molecule has 0 N–H and O–H groups in total. The van der Waals surface area contributed by atoms with E-state index in [-0.39, 0.29) is 0 Å². The fraction of sp³-hybridized carbons (Fsp3) is 0.526. The van der Waals surface area contributed by atoms with E-state index < -0.39 is 0 Å². The van der Waals surface area contributed by atoms with Crippen LogP contribution in [-0.2, 0) is 11.2 Å². The van der Waals surface area contributed by atoms with Gasteiger partial charge in [0, 0.05) is 55.4 Å². The summed E-state index contributed by atoms with van der Waals surface area (Å²) in [4.78, 5) is 9.49. The molecule has 4 nitrogen and oxygen atoms in total. The summed E-state index contributed by atoms with van der Waals surface area (Å²) >= 11 is 5.25. The van der Waals surface area contributed by atoms with Gasteiger partial charge in [0.1, 0.15) is 0 Å². The summed E-state index contributed by atoms with van der Waals surface area (Å²) in [5.41, 5.74) is 1.39. The minimum absolute atomic E-state index is 0.641. The molecule has 0 radical (unpaired) electrons. The van der Waals surface area contributed by atoms with E-state index in [2.05, 4.69) is 60.4 Å². The van der Waals surface area contributed by atoms with Gasteiger partial charge in [0.25, 0.3) is 0 Å². The summed E-state index contributed by atoms with van der Waals surface area (Å²) in [6, 6.07) is 9.32. The van der Waals surface area contributed by atoms with Crippen LogP contribution < -0.4 is 4.90 Å². The van der Waals surface area contributed by atoms with Crippen molar-refractivity contribution in [1.82, 2.24) is 9.88 Å². The second-order valence-corrected chi connectivity index (χ2v) is 8.23. The van der Waals surface area contributed by atoms with E-state index in [1.165, 1.54) is 18.4 Å². The first-order valence-corrected chi connectivity index (χ1v) is 10.6. The zero-order valence-electron chi connectivity index (χ0n) is 14.7. The number of aromatic nitrogens is 1. The molecule has 6 heteroatoms. The molecule has 1 fully saturated rings. The number of hydrogen-bond donors (Lipinski definition) is 0. The Kier molecular flexibility index (Phi) is 7.28. The largest absolute Gasteiger partial charge is 0.383 e. The molecule has 1 aromatic carbocycles. The molecule has 0 unspecified atom stereocenters. The number of methoxy groups -OCH3 is 1. The first-order valence-electron chi connectivity index (χ1n) is 8.88. The van der Waals surface area contributed by atoms with Crippen molar-refractivity contribution in [2.24, 2.45) is 0 Å². The van der Waals surface area contributed by atoms with Crippen LogP contribution in [0.5, 0.6) is 0 Å². The smallest absolute Gasteiger partial charge is 0.185 e. The fourth-order valence-corrected chi connectivity index (χ4v) is 4.36. The molecule has 0 bridgehead atoms. The van der Waals surface area contributed by atoms with Crippen molar-refractivity contribution in [1.29, 1.82) is 0 Å². The van der Waals surface area contributed by atoms with Crippen LogP contribution in [0.25, 0.3) is 0 Å². The third-order valence-corrected chi connectivity index (χ3v) is 6.22. The van der Waals surface area contributed by atoms with Gasteiger partial charge in [0.2, 0.25) is 0 Å². The van der Waals surface area contributed by atoms with Crippen molar-refractivity contribution < 1.29 is 4.74 Å². The van der Waals surface area contributed by atoms with Gasteiger partial charge in [-0.3, -0.25) is 4.90 Å². The molecular weight excluding hydrogens is 398 g/mol. The van der Waals surface area contributed by atoms with Gasteiger partial charge in [-0.1, -0.05) is 28.1 Å². The second kappa shape index (κ2) is 9.67. The third-order valence-electron chi connectivity index (χ3n) is 4.85. The number of benzene rings is 1. The number of thiazole rings is 1. The predicted octanol–water partition coefficient (Wildman–Crippen LogP) is 4.07. The minimum Gasteiger partial charge on any atom is -0.383 e. The number of hydrogen-bond acceptors (Lipinski definition) is 5. The average molecular weight is 424 g/mol. The van der Waals surface area contributed by atoms with E-state index in [4.69, 9.17) is 4.74 Å². The number of halogens is 1. The molecule has 0 amide bonds. The number of nitrogens with zero attached hydrogens (tertiary/aromatic N) is 3. The highest BCUT2D eigenvalue weighted by Crippen LogP contribution is 2.24. The predicted molar refractivity (Wildman–Crippen MR) is 109 cm³/mol. The van der Waals surface area contributed by atoms with Crippen LogP contribution in [0.15, 0.2) is 40.3 Å². The molecule has 1 aromatic heterocycles. The molecule has 0 atom stereocenters. The molecule has 0 aliphatic carbocycles. The van der Waals surface area contributed by atoms with Crippen LogP contribution in [0.2, 0.25) is 0 Å². The first-order chi connectivity index (χ1) is 12.3. The molecule has 2 aromatic rings. The van der Waals surface area contributed by atoms with Crippen molar-refractivity contribution in [3.05, 3.63) is 45.9 Å². The first kappa shape index (κ1) is 18.8. The molecule has 0 spiro atoms. The van der Waals surface area contributed by atoms with Gasteiger partial charge in [-0.2, -0.15) is 0 Å². The van der Waals surface area contributed by atoms with Crippen LogP contribution in [0.1, 0.15) is 18.4 Å². The van der Waals surface area contributed by atoms with E-state index in [1.807, 2.05) is 6.20 Å². The lowest BCUT2D eigenvalue weighted by Gasteiger charge is -2.38. The van der Waals surface area contributed by atoms with E-state index in [9.17, 15) is 0 Å². The van der Waals surface area contributed by atoms with Crippen LogP contribution >= 0.6 is 27.3 Å². The van der Waals surface area contributed by atoms with E-state index in [1.54, 1.807) is 18.4 Å². The molecule has 0 saturated carbocycles. The Morgan fingerprint density at radius 1 is 1.24 bits per heavy atom. The Balaban J connectivity index is 1.54. The average Bonchev–Trinajstić information content (AvgIpc) is 3.18. The van der Waals surface area contributed by atoms with Gasteiger partial charge in [-0.05, 0) is 37.0 Å². The van der Waals surface area contributed by atoms with Crippen LogP contribution in [-0.4, -0.2) is 55.8 Å². The molecule has 136 valence electrons. The summed E-state index contributed by atoms with van der Waals surface area (Å²) in [5.74, 6) is 0. The monoisotopic (exact) mass is 423 g/mol. The van der Waals surface area contributed by atoms with Crippen molar-refractivity contribution in [2.45, 2.75) is 25.3 Å². The van der Waals surface area contributed by atoms with E-state index in [0.29, 0.717) is 6.04 Å². The Bertz CT molecular complexity index is 612. The number of rotatable bonds is 8. The van der Waals surface area contributed by atoms with Gasteiger partial charge >= 0.3 is 0 Å². The molecular formula is C19H26BrN3OS. The van der Waals surface area contributed by atoms with Gasteiger partial charge in [0.05, 0.1) is 6.61 Å². The molecule has 1 aliphatic rings. The van der Waals surface area contributed by atoms with Crippen molar-refractivity contribution in [3.63, 3.8) is 0 Å². The van der Waals surface area contributed by atoms with Crippen molar-refractivity contribution in [3.8, 4) is 0 Å². The molecule has 1 aliphatic heterocycles. The third kappa shape index (κ3) is 5.51. The van der Waals surface area contributed by atoms with E-state index in [0.717, 1.165) is 48.8 Å². The number of anilines is 1. The highest BCUT2D eigenvalue weighted by atomic mass is 79.9. The zero-order chi connectivity index (χ0) is 17.5. The van der Waals surface area contributed by atoms with Crippen LogP contribution in [0, 0.1) is 0 Å². The molecule has 3 rings (SSSR count). The highest BCUT2D eigenvalue weighted by Gasteiger charge is 2.25. The Hall–Kier alpha value is -0.950. The van der Waals surface area contributed by atoms with Crippen molar-refractivity contribution in [2.75, 3.05) is 44.8 Å². The SMILES string of the molecule is COCCN(CCc1ccc(Br)cc1)C1CCN(c2nccs2)CC1. The molecule has 1 saturated heterocycles. The lowest BCUT2D eigenvalue weighted by Crippen LogP contribution is -2.46. The Labute approximate surface area is 162 Å². The number of ether oxygens (including phenoxy) is 1. The topological polar surface area (TPSA) is 28.6 Å². The Morgan fingerprint density at radius 2 is 2.00 bits per heavy atom. The lowest BCUT2D eigenvalue weighted by molar-refractivity contribution is 0.109. The number of piperidine rings is 1. The molecule has 25 heavy (non-hydrogen) atoms. The maximum absolute atomic E-state index is 5.34. The normalized spacial score (nSPS) is 15.9. The van der Waals surface area contributed by atoms with E-state index >= 15 is 0 Å².